The van der Waals surface area contributed by atoms with Crippen molar-refractivity contribution in [2.75, 3.05) is 18.5 Å². The van der Waals surface area contributed by atoms with Crippen LogP contribution in [0.1, 0.15) is 12.8 Å². The molecule has 6 heteroatoms. The molecule has 1 aliphatic heterocycles. The summed E-state index contributed by atoms with van der Waals surface area (Å²) in [7, 11) is 0. The minimum absolute atomic E-state index is 0.226. The fourth-order valence-corrected chi connectivity index (χ4v) is 1.57. The van der Waals surface area contributed by atoms with E-state index in [-0.39, 0.29) is 5.91 Å². The molecule has 1 amide bonds. The van der Waals surface area contributed by atoms with E-state index in [1.54, 1.807) is 6.20 Å². The third-order valence-electron chi connectivity index (χ3n) is 2.64. The van der Waals surface area contributed by atoms with Gasteiger partial charge in [-0.3, -0.25) is 9.78 Å². The van der Waals surface area contributed by atoms with Crippen LogP contribution in [0.4, 0.5) is 5.82 Å². The minimum Gasteiger partial charge on any atom is -0.381 e. The number of hydrogen-bond acceptors (Lipinski definition) is 5. The van der Waals surface area contributed by atoms with Crippen LogP contribution in [-0.2, 0) is 9.53 Å². The zero-order valence-electron chi connectivity index (χ0n) is 8.85. The lowest BCUT2D eigenvalue weighted by Crippen LogP contribution is -2.54. The molecule has 16 heavy (non-hydrogen) atoms. The largest absolute Gasteiger partial charge is 0.381 e. The molecule has 0 atom stereocenters. The maximum atomic E-state index is 11.9. The Morgan fingerprint density at radius 3 is 2.81 bits per heavy atom. The topological polar surface area (TPSA) is 90.1 Å². The van der Waals surface area contributed by atoms with Gasteiger partial charge in [0.15, 0.2) is 5.82 Å². The van der Waals surface area contributed by atoms with Crippen molar-refractivity contribution in [1.82, 2.24) is 9.97 Å². The van der Waals surface area contributed by atoms with E-state index < -0.39 is 5.54 Å². The van der Waals surface area contributed by atoms with E-state index in [9.17, 15) is 4.79 Å². The highest BCUT2D eigenvalue weighted by Crippen LogP contribution is 2.19. The van der Waals surface area contributed by atoms with Gasteiger partial charge in [-0.25, -0.2) is 4.98 Å². The molecule has 2 heterocycles. The Hall–Kier alpha value is -1.53. The fourth-order valence-electron chi connectivity index (χ4n) is 1.57. The van der Waals surface area contributed by atoms with Crippen LogP contribution in [0.15, 0.2) is 18.6 Å². The van der Waals surface area contributed by atoms with Crippen LogP contribution >= 0.6 is 0 Å². The number of aromatic nitrogens is 2. The summed E-state index contributed by atoms with van der Waals surface area (Å²) >= 11 is 0. The zero-order chi connectivity index (χ0) is 11.4. The highest BCUT2D eigenvalue weighted by molar-refractivity contribution is 5.97. The molecule has 1 aromatic rings. The van der Waals surface area contributed by atoms with Gasteiger partial charge in [-0.15, -0.1) is 0 Å². The number of nitrogens with two attached hydrogens (primary N) is 1. The minimum atomic E-state index is -0.851. The molecule has 1 aromatic heterocycles. The lowest BCUT2D eigenvalue weighted by atomic mass is 9.90. The predicted octanol–water partition coefficient (Wildman–Crippen LogP) is -0.0770. The smallest absolute Gasteiger partial charge is 0.245 e. The van der Waals surface area contributed by atoms with Crippen molar-refractivity contribution in [3.8, 4) is 0 Å². The summed E-state index contributed by atoms with van der Waals surface area (Å²) in [5, 5.41) is 2.66. The summed E-state index contributed by atoms with van der Waals surface area (Å²) in [5.74, 6) is 0.195. The van der Waals surface area contributed by atoms with Gasteiger partial charge in [-0.05, 0) is 12.8 Å². The summed E-state index contributed by atoms with van der Waals surface area (Å²) in [5.41, 5.74) is 5.16. The van der Waals surface area contributed by atoms with E-state index in [2.05, 4.69) is 15.3 Å². The molecule has 86 valence electrons. The van der Waals surface area contributed by atoms with Crippen LogP contribution in [-0.4, -0.2) is 34.6 Å². The third-order valence-corrected chi connectivity index (χ3v) is 2.64. The molecule has 0 spiro atoms. The summed E-state index contributed by atoms with van der Waals surface area (Å²) in [6.45, 7) is 1.04. The second-order valence-corrected chi connectivity index (χ2v) is 3.81. The van der Waals surface area contributed by atoms with E-state index in [0.717, 1.165) is 0 Å². The Bertz CT molecular complexity index is 362. The number of nitrogens with zero attached hydrogens (tertiary/aromatic N) is 2. The molecule has 1 fully saturated rings. The van der Waals surface area contributed by atoms with Gasteiger partial charge in [0, 0.05) is 25.6 Å². The molecule has 2 rings (SSSR count). The number of amides is 1. The Balaban J connectivity index is 2.02. The van der Waals surface area contributed by atoms with E-state index in [1.165, 1.54) is 12.4 Å². The zero-order valence-corrected chi connectivity index (χ0v) is 8.85. The van der Waals surface area contributed by atoms with Gasteiger partial charge in [-0.2, -0.15) is 0 Å². The first-order valence-corrected chi connectivity index (χ1v) is 5.15. The average Bonchev–Trinajstić information content (AvgIpc) is 2.31. The maximum absolute atomic E-state index is 11.9. The standard InChI is InChI=1S/C10H14N4O2/c11-10(1-5-16-6-2-10)9(15)14-8-7-12-3-4-13-8/h3-4,7H,1-2,5-6,11H2,(H,13,14,15). The van der Waals surface area contributed by atoms with Gasteiger partial charge in [0.05, 0.1) is 6.20 Å². The molecule has 1 saturated heterocycles. The Labute approximate surface area is 93.2 Å². The van der Waals surface area contributed by atoms with Gasteiger partial charge in [0.25, 0.3) is 0 Å². The van der Waals surface area contributed by atoms with E-state index in [4.69, 9.17) is 10.5 Å². The van der Waals surface area contributed by atoms with Crippen molar-refractivity contribution in [2.45, 2.75) is 18.4 Å². The van der Waals surface area contributed by atoms with Crippen molar-refractivity contribution < 1.29 is 9.53 Å². The van der Waals surface area contributed by atoms with Crippen molar-refractivity contribution in [2.24, 2.45) is 5.73 Å². The fraction of sp³-hybridized carbons (Fsp3) is 0.500. The molecule has 0 bridgehead atoms. The second-order valence-electron chi connectivity index (χ2n) is 3.81. The molecule has 0 aromatic carbocycles. The summed E-state index contributed by atoms with van der Waals surface area (Å²) in [6.07, 6.45) is 5.60. The SMILES string of the molecule is NC1(C(=O)Nc2cnccn2)CCOCC1. The number of anilines is 1. The highest BCUT2D eigenvalue weighted by atomic mass is 16.5. The predicted molar refractivity (Wildman–Crippen MR) is 57.6 cm³/mol. The lowest BCUT2D eigenvalue weighted by molar-refractivity contribution is -0.124. The Kier molecular flexibility index (Phi) is 3.12. The summed E-state index contributed by atoms with van der Waals surface area (Å²) in [4.78, 5) is 19.8. The van der Waals surface area contributed by atoms with Crippen molar-refractivity contribution >= 4 is 11.7 Å². The van der Waals surface area contributed by atoms with Crippen LogP contribution in [0, 0.1) is 0 Å². The van der Waals surface area contributed by atoms with Crippen LogP contribution in [0.5, 0.6) is 0 Å². The quantitative estimate of drug-likeness (QED) is 0.730. The Morgan fingerprint density at radius 2 is 2.19 bits per heavy atom. The average molecular weight is 222 g/mol. The maximum Gasteiger partial charge on any atom is 0.245 e. The second kappa shape index (κ2) is 4.54. The molecule has 0 radical (unpaired) electrons. The number of rotatable bonds is 2. The van der Waals surface area contributed by atoms with Gasteiger partial charge in [-0.1, -0.05) is 0 Å². The molecule has 3 N–H and O–H groups in total. The third kappa shape index (κ3) is 2.34. The molecule has 0 unspecified atom stereocenters. The Morgan fingerprint density at radius 1 is 1.44 bits per heavy atom. The van der Waals surface area contributed by atoms with Crippen LogP contribution in [0.2, 0.25) is 0 Å². The monoisotopic (exact) mass is 222 g/mol. The van der Waals surface area contributed by atoms with Crippen molar-refractivity contribution in [3.63, 3.8) is 0 Å². The van der Waals surface area contributed by atoms with Crippen LogP contribution < -0.4 is 11.1 Å². The summed E-state index contributed by atoms with van der Waals surface area (Å²) in [6, 6.07) is 0. The molecule has 0 aliphatic carbocycles. The number of nitrogens with one attached hydrogen (secondary N) is 1. The molecule has 6 nitrogen and oxygen atoms in total. The van der Waals surface area contributed by atoms with Gasteiger partial charge in [0.2, 0.25) is 5.91 Å². The molecular weight excluding hydrogens is 208 g/mol. The summed E-state index contributed by atoms with van der Waals surface area (Å²) < 4.78 is 5.18. The lowest BCUT2D eigenvalue weighted by Gasteiger charge is -2.31. The number of hydrogen-bond donors (Lipinski definition) is 2. The van der Waals surface area contributed by atoms with E-state index >= 15 is 0 Å². The number of carbonyl (C=O) groups excluding carboxylic acids is 1. The molecule has 1 aliphatic rings. The first-order chi connectivity index (χ1) is 7.71. The van der Waals surface area contributed by atoms with Gasteiger partial charge in [0.1, 0.15) is 5.54 Å². The number of carbonyl (C=O) groups is 1. The first kappa shape index (κ1) is 11.0. The first-order valence-electron chi connectivity index (χ1n) is 5.15. The number of ether oxygens (including phenoxy) is 1. The van der Waals surface area contributed by atoms with Gasteiger partial charge < -0.3 is 15.8 Å². The highest BCUT2D eigenvalue weighted by Gasteiger charge is 2.36. The van der Waals surface area contributed by atoms with Crippen LogP contribution in [0.25, 0.3) is 0 Å². The van der Waals surface area contributed by atoms with Gasteiger partial charge >= 0.3 is 0 Å². The van der Waals surface area contributed by atoms with Crippen molar-refractivity contribution in [3.05, 3.63) is 18.6 Å². The molecule has 0 saturated carbocycles. The van der Waals surface area contributed by atoms with Crippen LogP contribution in [0.3, 0.4) is 0 Å². The van der Waals surface area contributed by atoms with E-state index in [1.807, 2.05) is 0 Å². The van der Waals surface area contributed by atoms with E-state index in [0.29, 0.717) is 31.9 Å². The molecular formula is C10H14N4O2. The van der Waals surface area contributed by atoms with Crippen molar-refractivity contribution in [1.29, 1.82) is 0 Å². The normalized spacial score (nSPS) is 19.1.